The molecule has 0 aromatic carbocycles. The first-order valence-corrected chi connectivity index (χ1v) is 9.82. The lowest BCUT2D eigenvalue weighted by atomic mass is 9.87. The number of aliphatic hydroxyl groups excluding tert-OH is 1. The number of hydrogen-bond donors (Lipinski definition) is 1. The largest absolute Gasteiger partial charge is 0.395 e. The number of rotatable bonds is 5. The highest BCUT2D eigenvalue weighted by molar-refractivity contribution is 5.09. The van der Waals surface area contributed by atoms with Crippen molar-refractivity contribution in [2.75, 3.05) is 32.8 Å². The lowest BCUT2D eigenvalue weighted by Crippen LogP contribution is -2.42. The van der Waals surface area contributed by atoms with E-state index in [1.54, 1.807) is 0 Å². The summed E-state index contributed by atoms with van der Waals surface area (Å²) in [5, 5.41) is 9.55. The highest BCUT2D eigenvalue weighted by atomic mass is 16.3. The number of imidazole rings is 1. The molecule has 4 heterocycles. The molecule has 0 spiro atoms. The van der Waals surface area contributed by atoms with Gasteiger partial charge >= 0.3 is 0 Å². The van der Waals surface area contributed by atoms with Crippen LogP contribution >= 0.6 is 0 Å². The van der Waals surface area contributed by atoms with Gasteiger partial charge in [0.05, 0.1) is 12.6 Å². The van der Waals surface area contributed by atoms with Crippen LogP contribution in [0.25, 0.3) is 0 Å². The normalized spacial score (nSPS) is 22.9. The Hall–Kier alpha value is -1.76. The van der Waals surface area contributed by atoms with Gasteiger partial charge in [-0.1, -0.05) is 6.07 Å². The molecule has 0 radical (unpaired) electrons. The van der Waals surface area contributed by atoms with Gasteiger partial charge in [-0.15, -0.1) is 0 Å². The minimum atomic E-state index is 0.219. The van der Waals surface area contributed by atoms with Gasteiger partial charge in [0.2, 0.25) is 0 Å². The third-order valence-electron chi connectivity index (χ3n) is 5.84. The van der Waals surface area contributed by atoms with Gasteiger partial charge < -0.3 is 9.67 Å². The third-order valence-corrected chi connectivity index (χ3v) is 5.84. The zero-order chi connectivity index (χ0) is 17.8. The maximum absolute atomic E-state index is 9.55. The summed E-state index contributed by atoms with van der Waals surface area (Å²) < 4.78 is 2.32. The molecule has 1 fully saturated rings. The minimum absolute atomic E-state index is 0.219. The van der Waals surface area contributed by atoms with Crippen LogP contribution in [-0.2, 0) is 13.1 Å². The summed E-state index contributed by atoms with van der Waals surface area (Å²) in [4.78, 5) is 13.9. The number of hydrogen-bond acceptors (Lipinski definition) is 5. The number of likely N-dealkylation sites (tertiary alicyclic amines) is 1. The van der Waals surface area contributed by atoms with E-state index >= 15 is 0 Å². The molecule has 0 saturated carbocycles. The van der Waals surface area contributed by atoms with Crippen molar-refractivity contribution in [3.05, 3.63) is 48.3 Å². The van der Waals surface area contributed by atoms with Gasteiger partial charge in [-0.3, -0.25) is 14.8 Å². The van der Waals surface area contributed by atoms with Crippen molar-refractivity contribution in [3.63, 3.8) is 0 Å². The first kappa shape index (κ1) is 17.6. The second-order valence-corrected chi connectivity index (χ2v) is 7.51. The molecule has 6 heteroatoms. The van der Waals surface area contributed by atoms with Crippen LogP contribution in [0.15, 0.2) is 36.9 Å². The summed E-state index contributed by atoms with van der Waals surface area (Å²) in [7, 11) is 0. The highest BCUT2D eigenvalue weighted by Gasteiger charge is 2.35. The Morgan fingerprint density at radius 1 is 1.12 bits per heavy atom. The number of aromatic nitrogens is 3. The van der Waals surface area contributed by atoms with Crippen LogP contribution < -0.4 is 0 Å². The monoisotopic (exact) mass is 355 g/mol. The van der Waals surface area contributed by atoms with Crippen molar-refractivity contribution in [1.82, 2.24) is 24.3 Å². The summed E-state index contributed by atoms with van der Waals surface area (Å²) >= 11 is 0. The number of nitrogens with zero attached hydrogens (tertiary/aromatic N) is 5. The van der Waals surface area contributed by atoms with Crippen molar-refractivity contribution in [2.45, 2.75) is 38.4 Å². The zero-order valence-electron chi connectivity index (χ0n) is 15.4. The van der Waals surface area contributed by atoms with Crippen LogP contribution in [0.4, 0.5) is 0 Å². The lowest BCUT2D eigenvalue weighted by Gasteiger charge is -2.40. The van der Waals surface area contributed by atoms with Gasteiger partial charge in [0.15, 0.2) is 0 Å². The van der Waals surface area contributed by atoms with Gasteiger partial charge in [0, 0.05) is 51.0 Å². The Bertz CT molecular complexity index is 681. The minimum Gasteiger partial charge on any atom is -0.395 e. The number of β-amino-alcohol motifs (C(OH)–C–C–N with tert-alkyl or cyclic N) is 1. The summed E-state index contributed by atoms with van der Waals surface area (Å²) in [6, 6.07) is 4.50. The molecule has 2 aromatic heterocycles. The van der Waals surface area contributed by atoms with E-state index in [0.29, 0.717) is 12.0 Å². The predicted molar refractivity (Wildman–Crippen MR) is 100 cm³/mol. The van der Waals surface area contributed by atoms with Gasteiger partial charge in [-0.25, -0.2) is 4.98 Å². The number of aliphatic hydroxyl groups is 1. The van der Waals surface area contributed by atoms with Gasteiger partial charge in [0.25, 0.3) is 0 Å². The van der Waals surface area contributed by atoms with Crippen molar-refractivity contribution >= 4 is 0 Å². The Balaban J connectivity index is 1.45. The summed E-state index contributed by atoms with van der Waals surface area (Å²) in [5.74, 6) is 1.80. The maximum Gasteiger partial charge on any atom is 0.126 e. The maximum atomic E-state index is 9.55. The fraction of sp³-hybridized carbons (Fsp3) is 0.600. The third kappa shape index (κ3) is 3.82. The van der Waals surface area contributed by atoms with Gasteiger partial charge in [0.1, 0.15) is 5.82 Å². The van der Waals surface area contributed by atoms with Crippen molar-refractivity contribution in [3.8, 4) is 0 Å². The Labute approximate surface area is 155 Å². The molecule has 6 nitrogen and oxygen atoms in total. The van der Waals surface area contributed by atoms with Crippen molar-refractivity contribution in [1.29, 1.82) is 0 Å². The Morgan fingerprint density at radius 3 is 2.77 bits per heavy atom. The predicted octanol–water partition coefficient (Wildman–Crippen LogP) is 1.93. The molecular formula is C20H29N5O. The molecule has 0 bridgehead atoms. The molecule has 2 aliphatic heterocycles. The molecule has 0 amide bonds. The van der Waals surface area contributed by atoms with Gasteiger partial charge in [-0.2, -0.15) is 0 Å². The molecule has 1 N–H and O–H groups in total. The van der Waals surface area contributed by atoms with Crippen LogP contribution in [0, 0.1) is 5.92 Å². The average molecular weight is 355 g/mol. The Morgan fingerprint density at radius 2 is 2.00 bits per heavy atom. The summed E-state index contributed by atoms with van der Waals surface area (Å²) in [6.45, 7) is 6.26. The smallest absolute Gasteiger partial charge is 0.126 e. The quantitative estimate of drug-likeness (QED) is 0.888. The number of pyridine rings is 1. The number of aryl methyl sites for hydroxylation is 1. The van der Waals surface area contributed by atoms with Crippen LogP contribution in [0.3, 0.4) is 0 Å². The lowest BCUT2D eigenvalue weighted by molar-refractivity contribution is 0.0693. The molecule has 2 aliphatic rings. The van der Waals surface area contributed by atoms with E-state index in [0.717, 1.165) is 45.7 Å². The van der Waals surface area contributed by atoms with Crippen molar-refractivity contribution in [2.24, 2.45) is 5.92 Å². The first-order chi connectivity index (χ1) is 12.8. The highest BCUT2D eigenvalue weighted by Crippen LogP contribution is 2.36. The SMILES string of the molecule is OCCN1CCCn2ccnc2C1C1CCN(Cc2cccnc2)CC1. The zero-order valence-corrected chi connectivity index (χ0v) is 15.4. The molecular weight excluding hydrogens is 326 g/mol. The average Bonchev–Trinajstić information content (AvgIpc) is 3.05. The topological polar surface area (TPSA) is 57.4 Å². The van der Waals surface area contributed by atoms with E-state index in [1.807, 2.05) is 24.7 Å². The molecule has 0 aliphatic carbocycles. The molecule has 1 saturated heterocycles. The van der Waals surface area contributed by atoms with Crippen LogP contribution in [0.1, 0.15) is 36.7 Å². The first-order valence-electron chi connectivity index (χ1n) is 9.82. The Kier molecular flexibility index (Phi) is 5.62. The molecule has 4 rings (SSSR count). The number of piperidine rings is 1. The summed E-state index contributed by atoms with van der Waals surface area (Å²) in [5.41, 5.74) is 1.29. The second kappa shape index (κ2) is 8.29. The summed E-state index contributed by atoms with van der Waals surface area (Å²) in [6.07, 6.45) is 11.3. The van der Waals surface area contributed by atoms with E-state index in [9.17, 15) is 5.11 Å². The number of fused-ring (bicyclic) bond motifs is 1. The molecule has 140 valence electrons. The fourth-order valence-electron chi connectivity index (χ4n) is 4.59. The van der Waals surface area contributed by atoms with E-state index in [1.165, 1.54) is 24.2 Å². The van der Waals surface area contributed by atoms with E-state index < -0.39 is 0 Å². The van der Waals surface area contributed by atoms with Crippen LogP contribution in [0.5, 0.6) is 0 Å². The standard InChI is InChI=1S/C20H29N5O/c26-14-13-24-8-2-9-25-12-7-22-20(25)19(24)18-4-10-23(11-5-18)16-17-3-1-6-21-15-17/h1,3,6-7,12,15,18-19,26H,2,4-5,8-11,13-14,16H2. The fourth-order valence-corrected chi connectivity index (χ4v) is 4.59. The molecule has 1 unspecified atom stereocenters. The van der Waals surface area contributed by atoms with Crippen LogP contribution in [0.2, 0.25) is 0 Å². The second-order valence-electron chi connectivity index (χ2n) is 7.51. The molecule has 2 aromatic rings. The van der Waals surface area contributed by atoms with Crippen LogP contribution in [-0.4, -0.2) is 62.2 Å². The van der Waals surface area contributed by atoms with E-state index in [4.69, 9.17) is 4.98 Å². The van der Waals surface area contributed by atoms with E-state index in [2.05, 4.69) is 31.6 Å². The molecule has 26 heavy (non-hydrogen) atoms. The van der Waals surface area contributed by atoms with Gasteiger partial charge in [-0.05, 0) is 49.9 Å². The molecule has 1 atom stereocenters. The van der Waals surface area contributed by atoms with Crippen molar-refractivity contribution < 1.29 is 5.11 Å². The van der Waals surface area contributed by atoms with E-state index in [-0.39, 0.29) is 6.61 Å².